The molecule has 5 heteroatoms. The van der Waals surface area contributed by atoms with Gasteiger partial charge in [-0.1, -0.05) is 19.8 Å². The molecule has 16 heavy (non-hydrogen) atoms. The number of aliphatic carboxylic acids is 1. The summed E-state index contributed by atoms with van der Waals surface area (Å²) in [5.74, 6) is -1.18. The van der Waals surface area contributed by atoms with Crippen LogP contribution in [0.25, 0.3) is 0 Å². The Labute approximate surface area is 95.1 Å². The van der Waals surface area contributed by atoms with Crippen molar-refractivity contribution in [2.24, 2.45) is 0 Å². The van der Waals surface area contributed by atoms with E-state index in [1.165, 1.54) is 4.90 Å². The molecule has 0 aromatic rings. The van der Waals surface area contributed by atoms with Crippen molar-refractivity contribution in [3.63, 3.8) is 0 Å². The Hall–Kier alpha value is -1.10. The van der Waals surface area contributed by atoms with Crippen molar-refractivity contribution in [2.45, 2.75) is 51.2 Å². The topological polar surface area (TPSA) is 77.8 Å². The molecule has 5 nitrogen and oxygen atoms in total. The zero-order chi connectivity index (χ0) is 12.1. The van der Waals surface area contributed by atoms with E-state index in [-0.39, 0.29) is 18.9 Å². The summed E-state index contributed by atoms with van der Waals surface area (Å²) in [4.78, 5) is 23.9. The number of nitrogens with zero attached hydrogens (tertiary/aromatic N) is 1. The first kappa shape index (κ1) is 13.0. The molecule has 0 aliphatic carbocycles. The molecule has 0 saturated carbocycles. The van der Waals surface area contributed by atoms with E-state index in [0.717, 1.165) is 19.3 Å². The number of aliphatic hydroxyl groups is 1. The number of hydrogen-bond acceptors (Lipinski definition) is 3. The lowest BCUT2D eigenvalue weighted by molar-refractivity contribution is -0.148. The highest BCUT2D eigenvalue weighted by atomic mass is 16.4. The highest BCUT2D eigenvalue weighted by Gasteiger charge is 2.38. The van der Waals surface area contributed by atoms with Gasteiger partial charge in [-0.05, 0) is 6.42 Å². The predicted octanol–water partition coefficient (Wildman–Crippen LogP) is 0.613. The van der Waals surface area contributed by atoms with Gasteiger partial charge < -0.3 is 15.1 Å². The molecule has 2 N–H and O–H groups in total. The third kappa shape index (κ3) is 3.20. The summed E-state index contributed by atoms with van der Waals surface area (Å²) in [6.45, 7) is 2.20. The molecule has 0 radical (unpaired) electrons. The van der Waals surface area contributed by atoms with E-state index in [9.17, 15) is 14.7 Å². The molecule has 1 saturated heterocycles. The second kappa shape index (κ2) is 5.84. The first-order valence-corrected chi connectivity index (χ1v) is 5.76. The average molecular weight is 229 g/mol. The molecule has 92 valence electrons. The fourth-order valence-corrected chi connectivity index (χ4v) is 1.99. The van der Waals surface area contributed by atoms with Crippen LogP contribution in [-0.4, -0.2) is 45.7 Å². The van der Waals surface area contributed by atoms with Gasteiger partial charge in [0.15, 0.2) is 0 Å². The summed E-state index contributed by atoms with van der Waals surface area (Å²) < 4.78 is 0. The lowest BCUT2D eigenvalue weighted by Gasteiger charge is -2.20. The maximum Gasteiger partial charge on any atom is 0.326 e. The van der Waals surface area contributed by atoms with Crippen molar-refractivity contribution in [2.75, 3.05) is 6.54 Å². The van der Waals surface area contributed by atoms with Gasteiger partial charge >= 0.3 is 5.97 Å². The third-order valence-corrected chi connectivity index (χ3v) is 2.88. The van der Waals surface area contributed by atoms with Crippen LogP contribution < -0.4 is 0 Å². The number of rotatable bonds is 5. The van der Waals surface area contributed by atoms with Crippen LogP contribution in [0.2, 0.25) is 0 Å². The van der Waals surface area contributed by atoms with Crippen molar-refractivity contribution in [1.29, 1.82) is 0 Å². The Morgan fingerprint density at radius 3 is 2.62 bits per heavy atom. The third-order valence-electron chi connectivity index (χ3n) is 2.88. The average Bonchev–Trinajstić information content (AvgIpc) is 2.61. The Morgan fingerprint density at radius 1 is 1.38 bits per heavy atom. The zero-order valence-electron chi connectivity index (χ0n) is 9.56. The fraction of sp³-hybridized carbons (Fsp3) is 0.818. The maximum atomic E-state index is 11.7. The number of hydrogen-bond donors (Lipinski definition) is 2. The van der Waals surface area contributed by atoms with E-state index in [0.29, 0.717) is 6.42 Å². The molecule has 1 aliphatic heterocycles. The summed E-state index contributed by atoms with van der Waals surface area (Å²) in [5.41, 5.74) is 0. The molecule has 0 bridgehead atoms. The second-order valence-corrected chi connectivity index (χ2v) is 4.25. The van der Waals surface area contributed by atoms with Crippen LogP contribution in [0.3, 0.4) is 0 Å². The number of aliphatic hydroxyl groups excluding tert-OH is 1. The van der Waals surface area contributed by atoms with Gasteiger partial charge in [0.2, 0.25) is 5.91 Å². The first-order valence-electron chi connectivity index (χ1n) is 5.76. The SMILES string of the molecule is CCCCCC(=O)N1C[C@@H](O)C[C@H]1C(=O)O. The van der Waals surface area contributed by atoms with E-state index in [1.54, 1.807) is 0 Å². The number of carbonyl (C=O) groups excluding carboxylic acids is 1. The smallest absolute Gasteiger partial charge is 0.326 e. The van der Waals surface area contributed by atoms with Crippen LogP contribution in [0.15, 0.2) is 0 Å². The summed E-state index contributed by atoms with van der Waals surface area (Å²) in [6, 6.07) is -0.843. The van der Waals surface area contributed by atoms with Crippen molar-refractivity contribution < 1.29 is 19.8 Å². The summed E-state index contributed by atoms with van der Waals surface area (Å²) >= 11 is 0. The van der Waals surface area contributed by atoms with Gasteiger partial charge in [0.1, 0.15) is 6.04 Å². The Bertz CT molecular complexity index is 267. The Morgan fingerprint density at radius 2 is 2.06 bits per heavy atom. The van der Waals surface area contributed by atoms with Crippen LogP contribution in [0.1, 0.15) is 39.0 Å². The van der Waals surface area contributed by atoms with E-state index in [2.05, 4.69) is 0 Å². The summed E-state index contributed by atoms with van der Waals surface area (Å²) in [7, 11) is 0. The molecule has 1 rings (SSSR count). The molecular formula is C11H19NO4. The van der Waals surface area contributed by atoms with Crippen LogP contribution in [0.5, 0.6) is 0 Å². The Kier molecular flexibility index (Phi) is 4.73. The molecule has 0 unspecified atom stereocenters. The van der Waals surface area contributed by atoms with Crippen LogP contribution in [0.4, 0.5) is 0 Å². The zero-order valence-corrected chi connectivity index (χ0v) is 9.56. The van der Waals surface area contributed by atoms with Gasteiger partial charge in [-0.3, -0.25) is 4.79 Å². The molecule has 1 aliphatic rings. The molecule has 1 heterocycles. The maximum absolute atomic E-state index is 11.7. The van der Waals surface area contributed by atoms with E-state index in [1.807, 2.05) is 6.92 Å². The van der Waals surface area contributed by atoms with Crippen molar-refractivity contribution >= 4 is 11.9 Å². The van der Waals surface area contributed by atoms with Crippen molar-refractivity contribution in [3.05, 3.63) is 0 Å². The summed E-state index contributed by atoms with van der Waals surface area (Å²) in [5, 5.41) is 18.3. The monoisotopic (exact) mass is 229 g/mol. The minimum absolute atomic E-state index is 0.148. The van der Waals surface area contributed by atoms with Gasteiger partial charge in [-0.25, -0.2) is 4.79 Å². The number of carbonyl (C=O) groups is 2. The van der Waals surface area contributed by atoms with Gasteiger partial charge in [-0.15, -0.1) is 0 Å². The molecule has 1 amide bonds. The van der Waals surface area contributed by atoms with Crippen molar-refractivity contribution in [1.82, 2.24) is 4.90 Å². The number of β-amino-alcohol motifs (C(OH)–C–C–N with tert-alkyl or cyclic N) is 1. The van der Waals surface area contributed by atoms with Crippen LogP contribution in [0, 0.1) is 0 Å². The standard InChI is InChI=1S/C11H19NO4/c1-2-3-4-5-10(14)12-7-8(13)6-9(12)11(15)16/h8-9,13H,2-7H2,1H3,(H,15,16)/t8-,9-/m0/s1. The number of unbranched alkanes of at least 4 members (excludes halogenated alkanes) is 2. The molecule has 0 aromatic heterocycles. The lowest BCUT2D eigenvalue weighted by Crippen LogP contribution is -2.40. The number of amides is 1. The van der Waals surface area contributed by atoms with E-state index >= 15 is 0 Å². The Balaban J connectivity index is 2.50. The number of likely N-dealkylation sites (tertiary alicyclic amines) is 1. The normalized spacial score (nSPS) is 24.8. The van der Waals surface area contributed by atoms with Gasteiger partial charge in [-0.2, -0.15) is 0 Å². The minimum atomic E-state index is -1.03. The highest BCUT2D eigenvalue weighted by Crippen LogP contribution is 2.19. The lowest BCUT2D eigenvalue weighted by atomic mass is 10.1. The van der Waals surface area contributed by atoms with Crippen LogP contribution >= 0.6 is 0 Å². The highest BCUT2D eigenvalue weighted by molar-refractivity contribution is 5.84. The van der Waals surface area contributed by atoms with Gasteiger partial charge in [0.05, 0.1) is 6.10 Å². The first-order chi connectivity index (χ1) is 7.56. The predicted molar refractivity (Wildman–Crippen MR) is 57.9 cm³/mol. The van der Waals surface area contributed by atoms with E-state index in [4.69, 9.17) is 5.11 Å². The quantitative estimate of drug-likeness (QED) is 0.677. The van der Waals surface area contributed by atoms with Crippen LogP contribution in [-0.2, 0) is 9.59 Å². The minimum Gasteiger partial charge on any atom is -0.480 e. The van der Waals surface area contributed by atoms with Gasteiger partial charge in [0, 0.05) is 19.4 Å². The molecule has 1 fully saturated rings. The summed E-state index contributed by atoms with van der Waals surface area (Å²) in [6.07, 6.45) is 2.61. The molecule has 0 aromatic carbocycles. The molecule has 2 atom stereocenters. The van der Waals surface area contributed by atoms with Gasteiger partial charge in [0.25, 0.3) is 0 Å². The van der Waals surface area contributed by atoms with Crippen molar-refractivity contribution in [3.8, 4) is 0 Å². The largest absolute Gasteiger partial charge is 0.480 e. The molecule has 0 spiro atoms. The van der Waals surface area contributed by atoms with E-state index < -0.39 is 18.1 Å². The molecular weight excluding hydrogens is 210 g/mol. The number of carboxylic acid groups (broad SMARTS) is 1. The number of carboxylic acids is 1. The second-order valence-electron chi connectivity index (χ2n) is 4.25. The fourth-order valence-electron chi connectivity index (χ4n) is 1.99.